The summed E-state index contributed by atoms with van der Waals surface area (Å²) in [6.07, 6.45) is 5.04. The monoisotopic (exact) mass is 348 g/mol. The van der Waals surface area contributed by atoms with Gasteiger partial charge in [-0.2, -0.15) is 5.10 Å². The van der Waals surface area contributed by atoms with Crippen molar-refractivity contribution in [1.82, 2.24) is 15.2 Å². The first-order valence-electron chi connectivity index (χ1n) is 8.53. The first-order chi connectivity index (χ1) is 12.5. The van der Waals surface area contributed by atoms with Gasteiger partial charge in [-0.05, 0) is 47.2 Å². The Hall–Kier alpha value is -2.99. The van der Waals surface area contributed by atoms with E-state index in [0.29, 0.717) is 23.4 Å². The van der Waals surface area contributed by atoms with E-state index in [1.807, 2.05) is 30.3 Å². The zero-order valence-electron chi connectivity index (χ0n) is 14.7. The molecular weight excluding hydrogens is 328 g/mol. The molecule has 1 aliphatic rings. The van der Waals surface area contributed by atoms with Crippen molar-refractivity contribution >= 4 is 11.6 Å². The van der Waals surface area contributed by atoms with Crippen molar-refractivity contribution in [1.29, 1.82) is 0 Å². The summed E-state index contributed by atoms with van der Waals surface area (Å²) in [7, 11) is 0. The van der Waals surface area contributed by atoms with Gasteiger partial charge in [0.15, 0.2) is 0 Å². The predicted molar refractivity (Wildman–Crippen MR) is 98.8 cm³/mol. The predicted octanol–water partition coefficient (Wildman–Crippen LogP) is 3.44. The molecule has 26 heavy (non-hydrogen) atoms. The van der Waals surface area contributed by atoms with Crippen LogP contribution >= 0.6 is 0 Å². The number of anilines is 1. The van der Waals surface area contributed by atoms with Gasteiger partial charge in [0.1, 0.15) is 0 Å². The number of nitrogens with one attached hydrogen (secondary N) is 2. The number of rotatable bonds is 3. The van der Waals surface area contributed by atoms with Gasteiger partial charge < -0.3 is 10.4 Å². The number of nitrogens with zero attached hydrogens (tertiary/aromatic N) is 2. The van der Waals surface area contributed by atoms with Crippen LogP contribution in [-0.2, 0) is 5.41 Å². The fourth-order valence-electron chi connectivity index (χ4n) is 3.62. The van der Waals surface area contributed by atoms with Crippen LogP contribution in [-0.4, -0.2) is 26.2 Å². The average molecular weight is 348 g/mol. The SMILES string of the molecule is CC1(C)CC(O)c2cc(NC(=O)c3cn[nH]c3-c3cccnc3)ccc21. The van der Waals surface area contributed by atoms with Crippen LogP contribution < -0.4 is 5.32 Å². The minimum Gasteiger partial charge on any atom is -0.388 e. The lowest BCUT2D eigenvalue weighted by Crippen LogP contribution is -2.14. The molecule has 0 spiro atoms. The minimum absolute atomic E-state index is 0.0602. The van der Waals surface area contributed by atoms with Crippen molar-refractivity contribution in [2.75, 3.05) is 5.32 Å². The topological polar surface area (TPSA) is 90.9 Å². The highest BCUT2D eigenvalue weighted by Crippen LogP contribution is 2.45. The van der Waals surface area contributed by atoms with Crippen LogP contribution in [0.15, 0.2) is 48.9 Å². The number of aromatic amines is 1. The molecule has 1 amide bonds. The van der Waals surface area contributed by atoms with Crippen LogP contribution in [0.2, 0.25) is 0 Å². The van der Waals surface area contributed by atoms with Gasteiger partial charge in [-0.15, -0.1) is 0 Å². The number of hydrogen-bond acceptors (Lipinski definition) is 4. The van der Waals surface area contributed by atoms with Gasteiger partial charge in [-0.3, -0.25) is 14.9 Å². The third kappa shape index (κ3) is 2.78. The molecule has 6 nitrogen and oxygen atoms in total. The van der Waals surface area contributed by atoms with Crippen molar-refractivity contribution in [3.63, 3.8) is 0 Å². The summed E-state index contributed by atoms with van der Waals surface area (Å²) in [5.41, 5.74) is 4.47. The highest BCUT2D eigenvalue weighted by Gasteiger charge is 2.35. The number of benzene rings is 1. The molecule has 1 atom stereocenters. The normalized spacial score (nSPS) is 17.7. The van der Waals surface area contributed by atoms with Crippen molar-refractivity contribution in [2.24, 2.45) is 0 Å². The van der Waals surface area contributed by atoms with Gasteiger partial charge >= 0.3 is 0 Å². The van der Waals surface area contributed by atoms with Gasteiger partial charge in [0.2, 0.25) is 0 Å². The van der Waals surface area contributed by atoms with E-state index in [0.717, 1.165) is 16.7 Å². The first-order valence-corrected chi connectivity index (χ1v) is 8.53. The van der Waals surface area contributed by atoms with Gasteiger partial charge in [-0.25, -0.2) is 0 Å². The maximum absolute atomic E-state index is 12.7. The number of aromatic nitrogens is 3. The Morgan fingerprint density at radius 3 is 2.92 bits per heavy atom. The summed E-state index contributed by atoms with van der Waals surface area (Å²) in [6, 6.07) is 9.39. The number of aliphatic hydroxyl groups excluding tert-OH is 1. The Morgan fingerprint density at radius 1 is 1.31 bits per heavy atom. The zero-order valence-corrected chi connectivity index (χ0v) is 14.7. The molecule has 1 aromatic carbocycles. The summed E-state index contributed by atoms with van der Waals surface area (Å²) in [6.45, 7) is 4.23. The molecule has 2 aromatic heterocycles. The maximum Gasteiger partial charge on any atom is 0.259 e. The van der Waals surface area contributed by atoms with Crippen LogP contribution in [0.4, 0.5) is 5.69 Å². The van der Waals surface area contributed by atoms with E-state index in [2.05, 4.69) is 34.3 Å². The Kier molecular flexibility index (Phi) is 3.85. The van der Waals surface area contributed by atoms with Crippen LogP contribution in [0.1, 0.15) is 47.9 Å². The number of pyridine rings is 1. The molecule has 3 aromatic rings. The molecule has 0 saturated carbocycles. The van der Waals surface area contributed by atoms with E-state index >= 15 is 0 Å². The molecule has 4 rings (SSSR count). The summed E-state index contributed by atoms with van der Waals surface area (Å²) in [5, 5.41) is 20.1. The van der Waals surface area contributed by atoms with E-state index in [9.17, 15) is 9.90 Å². The van der Waals surface area contributed by atoms with Crippen LogP contribution in [0.5, 0.6) is 0 Å². The Balaban J connectivity index is 1.61. The molecule has 1 aliphatic carbocycles. The lowest BCUT2D eigenvalue weighted by atomic mass is 9.86. The molecule has 132 valence electrons. The van der Waals surface area contributed by atoms with E-state index < -0.39 is 6.10 Å². The molecule has 6 heteroatoms. The molecule has 1 unspecified atom stereocenters. The van der Waals surface area contributed by atoms with Gasteiger partial charge in [0.05, 0.1) is 23.6 Å². The maximum atomic E-state index is 12.7. The average Bonchev–Trinajstić information content (AvgIpc) is 3.19. The Labute approximate surface area is 151 Å². The van der Waals surface area contributed by atoms with Gasteiger partial charge in [0, 0.05) is 23.6 Å². The largest absolute Gasteiger partial charge is 0.388 e. The molecule has 0 aliphatic heterocycles. The molecular formula is C20H20N4O2. The van der Waals surface area contributed by atoms with Crippen molar-refractivity contribution < 1.29 is 9.90 Å². The molecule has 3 N–H and O–H groups in total. The summed E-state index contributed by atoms with van der Waals surface area (Å²) in [5.74, 6) is -0.260. The van der Waals surface area contributed by atoms with Crippen molar-refractivity contribution in [2.45, 2.75) is 31.8 Å². The lowest BCUT2D eigenvalue weighted by Gasteiger charge is -2.18. The second-order valence-corrected chi connectivity index (χ2v) is 7.26. The lowest BCUT2D eigenvalue weighted by molar-refractivity contribution is 0.102. The van der Waals surface area contributed by atoms with Crippen molar-refractivity contribution in [3.05, 3.63) is 65.6 Å². The van der Waals surface area contributed by atoms with Gasteiger partial charge in [0.25, 0.3) is 5.91 Å². The van der Waals surface area contributed by atoms with E-state index in [-0.39, 0.29) is 11.3 Å². The third-order valence-electron chi connectivity index (χ3n) is 4.94. The highest BCUT2D eigenvalue weighted by atomic mass is 16.3. The number of hydrogen-bond donors (Lipinski definition) is 3. The summed E-state index contributed by atoms with van der Waals surface area (Å²) >= 11 is 0. The third-order valence-corrected chi connectivity index (χ3v) is 4.94. The smallest absolute Gasteiger partial charge is 0.259 e. The Bertz CT molecular complexity index is 963. The van der Waals surface area contributed by atoms with Crippen molar-refractivity contribution in [3.8, 4) is 11.3 Å². The number of fused-ring (bicyclic) bond motifs is 1. The van der Waals surface area contributed by atoms with E-state index in [1.165, 1.54) is 6.20 Å². The van der Waals surface area contributed by atoms with Gasteiger partial charge in [-0.1, -0.05) is 19.9 Å². The Morgan fingerprint density at radius 2 is 2.15 bits per heavy atom. The van der Waals surface area contributed by atoms with Crippen LogP contribution in [0.3, 0.4) is 0 Å². The molecule has 0 radical (unpaired) electrons. The second kappa shape index (κ2) is 6.07. The fraction of sp³-hybridized carbons (Fsp3) is 0.250. The number of amides is 1. The van der Waals surface area contributed by atoms with E-state index in [4.69, 9.17) is 0 Å². The quantitative estimate of drug-likeness (QED) is 0.676. The number of H-pyrrole nitrogens is 1. The molecule has 0 fully saturated rings. The molecule has 0 saturated heterocycles. The number of carbonyl (C=O) groups excluding carboxylic acids is 1. The minimum atomic E-state index is -0.503. The second-order valence-electron chi connectivity index (χ2n) is 7.26. The van der Waals surface area contributed by atoms with Crippen LogP contribution in [0.25, 0.3) is 11.3 Å². The summed E-state index contributed by atoms with van der Waals surface area (Å²) < 4.78 is 0. The number of aliphatic hydroxyl groups is 1. The molecule has 0 bridgehead atoms. The molecule has 2 heterocycles. The standard InChI is InChI=1S/C20H20N4O2/c1-20(2)9-17(25)14-8-13(5-6-16(14)20)23-19(26)15-11-22-24-18(15)12-4-3-7-21-10-12/h3-8,10-11,17,25H,9H2,1-2H3,(H,22,24)(H,23,26). The zero-order chi connectivity index (χ0) is 18.3. The fourth-order valence-corrected chi connectivity index (χ4v) is 3.62. The van der Waals surface area contributed by atoms with Crippen LogP contribution in [0, 0.1) is 0 Å². The highest BCUT2D eigenvalue weighted by molar-refractivity contribution is 6.08. The number of carbonyl (C=O) groups is 1. The first kappa shape index (κ1) is 16.5. The summed E-state index contributed by atoms with van der Waals surface area (Å²) in [4.78, 5) is 16.8. The van der Waals surface area contributed by atoms with E-state index in [1.54, 1.807) is 12.4 Å².